The monoisotopic (exact) mass is 272 g/mol. The molecule has 2 aromatic rings. The van der Waals surface area contributed by atoms with E-state index in [1.54, 1.807) is 19.2 Å². The van der Waals surface area contributed by atoms with Crippen molar-refractivity contribution in [3.8, 4) is 17.5 Å². The molecular formula is C13H12N4OS. The highest BCUT2D eigenvalue weighted by molar-refractivity contribution is 7.71. The van der Waals surface area contributed by atoms with Crippen molar-refractivity contribution >= 4 is 12.2 Å². The number of nitrogens with one attached hydrogen (secondary N) is 1. The summed E-state index contributed by atoms with van der Waals surface area (Å²) in [6.07, 6.45) is 2.27. The van der Waals surface area contributed by atoms with E-state index in [0.29, 0.717) is 22.0 Å². The number of H-pyrrole nitrogens is 1. The summed E-state index contributed by atoms with van der Waals surface area (Å²) < 4.78 is 7.80. The maximum atomic E-state index is 8.93. The number of aromatic nitrogens is 3. The first-order chi connectivity index (χ1) is 9.24. The average molecular weight is 272 g/mol. The van der Waals surface area contributed by atoms with Gasteiger partial charge in [0.2, 0.25) is 0 Å². The molecule has 0 aliphatic heterocycles. The van der Waals surface area contributed by atoms with E-state index in [1.165, 1.54) is 0 Å². The van der Waals surface area contributed by atoms with Gasteiger partial charge < -0.3 is 4.74 Å². The molecule has 0 spiro atoms. The van der Waals surface area contributed by atoms with Crippen molar-refractivity contribution < 1.29 is 4.74 Å². The Hall–Kier alpha value is -2.13. The van der Waals surface area contributed by atoms with E-state index in [2.05, 4.69) is 16.3 Å². The third-order valence-corrected chi connectivity index (χ3v) is 3.46. The first kappa shape index (κ1) is 11.9. The zero-order chi connectivity index (χ0) is 13.4. The van der Waals surface area contributed by atoms with Crippen molar-refractivity contribution in [3.63, 3.8) is 0 Å². The molecule has 1 aromatic heterocycles. The quantitative estimate of drug-likeness (QED) is 0.872. The molecule has 0 saturated heterocycles. The molecule has 3 rings (SSSR count). The van der Waals surface area contributed by atoms with Gasteiger partial charge in [-0.1, -0.05) is 0 Å². The lowest BCUT2D eigenvalue weighted by molar-refractivity contribution is 0.412. The molecule has 19 heavy (non-hydrogen) atoms. The molecule has 0 unspecified atom stereocenters. The smallest absolute Gasteiger partial charge is 0.200 e. The van der Waals surface area contributed by atoms with Crippen LogP contribution in [0, 0.1) is 16.1 Å². The van der Waals surface area contributed by atoms with Crippen LogP contribution in [-0.4, -0.2) is 21.9 Å². The minimum absolute atomic E-state index is 0.466. The largest absolute Gasteiger partial charge is 0.495 e. The molecule has 1 saturated carbocycles. The maximum absolute atomic E-state index is 8.93. The Labute approximate surface area is 115 Å². The van der Waals surface area contributed by atoms with E-state index in [0.717, 1.165) is 24.4 Å². The van der Waals surface area contributed by atoms with Crippen LogP contribution in [0.15, 0.2) is 18.2 Å². The van der Waals surface area contributed by atoms with E-state index >= 15 is 0 Å². The van der Waals surface area contributed by atoms with E-state index in [-0.39, 0.29) is 0 Å². The highest BCUT2D eigenvalue weighted by atomic mass is 32.1. The van der Waals surface area contributed by atoms with Crippen molar-refractivity contribution in [1.29, 1.82) is 5.26 Å². The molecule has 0 radical (unpaired) electrons. The zero-order valence-corrected chi connectivity index (χ0v) is 11.2. The van der Waals surface area contributed by atoms with Gasteiger partial charge in [0.25, 0.3) is 0 Å². The molecule has 1 heterocycles. The Morgan fingerprint density at radius 1 is 1.53 bits per heavy atom. The molecule has 0 amide bonds. The molecule has 1 fully saturated rings. The van der Waals surface area contributed by atoms with Crippen molar-refractivity contribution in [1.82, 2.24) is 14.8 Å². The van der Waals surface area contributed by atoms with E-state index in [9.17, 15) is 0 Å². The predicted octanol–water partition coefficient (Wildman–Crippen LogP) is 2.69. The van der Waals surface area contributed by atoms with Gasteiger partial charge in [0.15, 0.2) is 4.77 Å². The molecule has 1 aliphatic carbocycles. The lowest BCUT2D eigenvalue weighted by Gasteiger charge is -2.11. The van der Waals surface area contributed by atoms with Gasteiger partial charge >= 0.3 is 0 Å². The SMILES string of the molecule is COc1cc(C#N)ccc1-n1c(C2CC2)n[nH]c1=S. The number of nitrogens with zero attached hydrogens (tertiary/aromatic N) is 3. The molecule has 6 heteroatoms. The Bertz CT molecular complexity index is 721. The number of aromatic amines is 1. The summed E-state index contributed by atoms with van der Waals surface area (Å²) in [6.45, 7) is 0. The third-order valence-electron chi connectivity index (χ3n) is 3.19. The Kier molecular flexibility index (Phi) is 2.84. The number of methoxy groups -OCH3 is 1. The number of hydrogen-bond donors (Lipinski definition) is 1. The Balaban J connectivity index is 2.19. The standard InChI is InChI=1S/C13H12N4OS/c1-18-11-6-8(7-14)2-5-10(11)17-12(9-3-4-9)15-16-13(17)19/h2,5-6,9H,3-4H2,1H3,(H,16,19). The van der Waals surface area contributed by atoms with Crippen molar-refractivity contribution in [2.45, 2.75) is 18.8 Å². The lowest BCUT2D eigenvalue weighted by Crippen LogP contribution is -2.03. The van der Waals surface area contributed by atoms with Gasteiger partial charge in [-0.3, -0.25) is 9.67 Å². The molecule has 1 aromatic carbocycles. The summed E-state index contributed by atoms with van der Waals surface area (Å²) in [4.78, 5) is 0. The predicted molar refractivity (Wildman–Crippen MR) is 72.0 cm³/mol. The summed E-state index contributed by atoms with van der Waals surface area (Å²) in [5, 5.41) is 16.1. The zero-order valence-electron chi connectivity index (χ0n) is 10.4. The molecule has 96 valence electrons. The van der Waals surface area contributed by atoms with Crippen molar-refractivity contribution in [2.75, 3.05) is 7.11 Å². The molecule has 0 bridgehead atoms. The van der Waals surface area contributed by atoms with E-state index in [1.807, 2.05) is 10.6 Å². The maximum Gasteiger partial charge on any atom is 0.200 e. The Morgan fingerprint density at radius 3 is 2.95 bits per heavy atom. The van der Waals surface area contributed by atoms with Crippen LogP contribution >= 0.6 is 12.2 Å². The first-order valence-corrected chi connectivity index (χ1v) is 6.41. The van der Waals surface area contributed by atoms with Crippen LogP contribution in [0.3, 0.4) is 0 Å². The summed E-state index contributed by atoms with van der Waals surface area (Å²) in [6, 6.07) is 7.40. The van der Waals surface area contributed by atoms with E-state index < -0.39 is 0 Å². The van der Waals surface area contributed by atoms with Crippen LogP contribution < -0.4 is 4.74 Å². The summed E-state index contributed by atoms with van der Waals surface area (Å²) in [7, 11) is 1.58. The van der Waals surface area contributed by atoms with E-state index in [4.69, 9.17) is 22.2 Å². The molecule has 1 N–H and O–H groups in total. The van der Waals surface area contributed by atoms with Gasteiger partial charge in [-0.15, -0.1) is 0 Å². The number of hydrogen-bond acceptors (Lipinski definition) is 4. The van der Waals surface area contributed by atoms with Gasteiger partial charge in [-0.05, 0) is 37.2 Å². The van der Waals surface area contributed by atoms with Gasteiger partial charge in [0.1, 0.15) is 11.6 Å². The van der Waals surface area contributed by atoms with Gasteiger partial charge in [-0.25, -0.2) is 0 Å². The minimum Gasteiger partial charge on any atom is -0.495 e. The highest BCUT2D eigenvalue weighted by Crippen LogP contribution is 2.40. The highest BCUT2D eigenvalue weighted by Gasteiger charge is 2.30. The second kappa shape index (κ2) is 4.52. The number of benzene rings is 1. The van der Waals surface area contributed by atoms with Crippen molar-refractivity contribution in [3.05, 3.63) is 34.4 Å². The second-order valence-corrected chi connectivity index (χ2v) is 4.88. The van der Waals surface area contributed by atoms with Gasteiger partial charge in [0.05, 0.1) is 24.4 Å². The molecule has 0 atom stereocenters. The number of ether oxygens (including phenoxy) is 1. The van der Waals surface area contributed by atoms with Crippen LogP contribution in [0.1, 0.15) is 30.1 Å². The fourth-order valence-corrected chi connectivity index (χ4v) is 2.33. The molecule has 5 nitrogen and oxygen atoms in total. The fourth-order valence-electron chi connectivity index (χ4n) is 2.09. The average Bonchev–Trinajstić information content (AvgIpc) is 3.21. The Morgan fingerprint density at radius 2 is 2.32 bits per heavy atom. The topological polar surface area (TPSA) is 66.6 Å². The lowest BCUT2D eigenvalue weighted by atomic mass is 10.2. The third kappa shape index (κ3) is 2.02. The summed E-state index contributed by atoms with van der Waals surface area (Å²) in [5.74, 6) is 2.03. The van der Waals surface area contributed by atoms with Crippen molar-refractivity contribution in [2.24, 2.45) is 0 Å². The van der Waals surface area contributed by atoms with Gasteiger partial charge in [-0.2, -0.15) is 10.4 Å². The normalized spacial score (nSPS) is 14.1. The van der Waals surface area contributed by atoms with Crippen LogP contribution in [0.2, 0.25) is 0 Å². The molecule has 1 aliphatic rings. The van der Waals surface area contributed by atoms with Gasteiger partial charge in [0, 0.05) is 12.0 Å². The molecular weight excluding hydrogens is 260 g/mol. The fraction of sp³-hybridized carbons (Fsp3) is 0.308. The second-order valence-electron chi connectivity index (χ2n) is 4.50. The van der Waals surface area contributed by atoms with Crippen LogP contribution in [0.4, 0.5) is 0 Å². The first-order valence-electron chi connectivity index (χ1n) is 6.00. The number of nitriles is 1. The number of rotatable bonds is 3. The summed E-state index contributed by atoms with van der Waals surface area (Å²) in [5.41, 5.74) is 1.38. The van der Waals surface area contributed by atoms with Crippen LogP contribution in [0.5, 0.6) is 5.75 Å². The minimum atomic E-state index is 0.466. The van der Waals surface area contributed by atoms with Crippen LogP contribution in [-0.2, 0) is 0 Å². The van der Waals surface area contributed by atoms with Crippen LogP contribution in [0.25, 0.3) is 5.69 Å². The summed E-state index contributed by atoms with van der Waals surface area (Å²) >= 11 is 5.29.